The van der Waals surface area contributed by atoms with Crippen LogP contribution in [0.3, 0.4) is 0 Å². The molecule has 360 valence electrons. The SMILES string of the molecule is CCCCC/C=C/C=C/C=C/C=C/CCCCCC(CC(=O)NC(CO)C(O)CCCCCCCCCCCCCC)OC(=O)CCCCCCCCC/C=C\CCCCCC. The first-order valence-electron chi connectivity index (χ1n) is 26.6. The van der Waals surface area contributed by atoms with Crippen LogP contribution in [0.2, 0.25) is 0 Å². The van der Waals surface area contributed by atoms with Crippen LogP contribution in [0.4, 0.5) is 0 Å². The van der Waals surface area contributed by atoms with Crippen molar-refractivity contribution in [1.82, 2.24) is 5.32 Å². The largest absolute Gasteiger partial charge is 0.462 e. The molecule has 0 aliphatic heterocycles. The van der Waals surface area contributed by atoms with Crippen molar-refractivity contribution in [1.29, 1.82) is 0 Å². The molecule has 0 rings (SSSR count). The highest BCUT2D eigenvalue weighted by atomic mass is 16.5. The molecule has 0 radical (unpaired) electrons. The molecular weight excluding hydrogens is 767 g/mol. The third-order valence-electron chi connectivity index (χ3n) is 11.9. The highest BCUT2D eigenvalue weighted by Crippen LogP contribution is 2.17. The average molecular weight is 868 g/mol. The molecule has 3 atom stereocenters. The second-order valence-corrected chi connectivity index (χ2v) is 18.0. The number of ether oxygens (including phenoxy) is 1. The van der Waals surface area contributed by atoms with Crippen molar-refractivity contribution in [3.63, 3.8) is 0 Å². The molecule has 0 heterocycles. The second-order valence-electron chi connectivity index (χ2n) is 18.0. The van der Waals surface area contributed by atoms with Crippen LogP contribution in [0.25, 0.3) is 0 Å². The van der Waals surface area contributed by atoms with Gasteiger partial charge < -0.3 is 20.3 Å². The van der Waals surface area contributed by atoms with E-state index in [1.54, 1.807) is 0 Å². The van der Waals surface area contributed by atoms with Gasteiger partial charge in [0, 0.05) is 6.42 Å². The van der Waals surface area contributed by atoms with E-state index in [0.717, 1.165) is 70.6 Å². The van der Waals surface area contributed by atoms with E-state index in [0.29, 0.717) is 19.3 Å². The van der Waals surface area contributed by atoms with E-state index >= 15 is 0 Å². The number of allylic oxidation sites excluding steroid dienone is 10. The van der Waals surface area contributed by atoms with Gasteiger partial charge in [-0.1, -0.05) is 229 Å². The quantitative estimate of drug-likeness (QED) is 0.0245. The van der Waals surface area contributed by atoms with Gasteiger partial charge in [0.15, 0.2) is 0 Å². The Bertz CT molecular complexity index is 1110. The molecule has 0 fully saturated rings. The average Bonchev–Trinajstić information content (AvgIpc) is 3.26. The monoisotopic (exact) mass is 868 g/mol. The number of aliphatic hydroxyl groups excluding tert-OH is 2. The zero-order valence-electron chi connectivity index (χ0n) is 41.0. The molecule has 6 heteroatoms. The number of amides is 1. The Morgan fingerprint density at radius 3 is 1.35 bits per heavy atom. The van der Waals surface area contributed by atoms with Gasteiger partial charge in [-0.2, -0.15) is 0 Å². The molecule has 0 aromatic carbocycles. The molecule has 62 heavy (non-hydrogen) atoms. The predicted molar refractivity (Wildman–Crippen MR) is 268 cm³/mol. The van der Waals surface area contributed by atoms with Crippen LogP contribution in [-0.2, 0) is 14.3 Å². The van der Waals surface area contributed by atoms with E-state index in [4.69, 9.17) is 4.74 Å². The summed E-state index contributed by atoms with van der Waals surface area (Å²) >= 11 is 0. The molecule has 3 unspecified atom stereocenters. The zero-order chi connectivity index (χ0) is 45.2. The number of carbonyl (C=O) groups is 2. The lowest BCUT2D eigenvalue weighted by Crippen LogP contribution is -2.46. The van der Waals surface area contributed by atoms with Gasteiger partial charge in [0.05, 0.1) is 25.2 Å². The van der Waals surface area contributed by atoms with Gasteiger partial charge in [-0.25, -0.2) is 0 Å². The smallest absolute Gasteiger partial charge is 0.306 e. The maximum absolute atomic E-state index is 13.2. The van der Waals surface area contributed by atoms with E-state index < -0.39 is 18.2 Å². The number of hydrogen-bond donors (Lipinski definition) is 3. The van der Waals surface area contributed by atoms with Crippen LogP contribution in [0.1, 0.15) is 258 Å². The zero-order valence-corrected chi connectivity index (χ0v) is 41.0. The van der Waals surface area contributed by atoms with E-state index in [-0.39, 0.29) is 24.9 Å². The molecule has 6 nitrogen and oxygen atoms in total. The van der Waals surface area contributed by atoms with Crippen LogP contribution in [0, 0.1) is 0 Å². The van der Waals surface area contributed by atoms with Crippen LogP contribution in [-0.4, -0.2) is 46.9 Å². The Morgan fingerprint density at radius 1 is 0.468 bits per heavy atom. The van der Waals surface area contributed by atoms with Gasteiger partial charge in [-0.05, 0) is 77.0 Å². The van der Waals surface area contributed by atoms with Gasteiger partial charge in [-0.15, -0.1) is 0 Å². The predicted octanol–water partition coefficient (Wildman–Crippen LogP) is 16.0. The van der Waals surface area contributed by atoms with Crippen molar-refractivity contribution in [2.45, 2.75) is 277 Å². The van der Waals surface area contributed by atoms with E-state index in [9.17, 15) is 19.8 Å². The number of hydrogen-bond acceptors (Lipinski definition) is 5. The lowest BCUT2D eigenvalue weighted by molar-refractivity contribution is -0.151. The first kappa shape index (κ1) is 59.6. The van der Waals surface area contributed by atoms with Crippen LogP contribution in [0.5, 0.6) is 0 Å². The maximum atomic E-state index is 13.2. The molecule has 0 spiro atoms. The minimum Gasteiger partial charge on any atom is -0.462 e. The number of aliphatic hydroxyl groups is 2. The maximum Gasteiger partial charge on any atom is 0.306 e. The molecule has 0 saturated heterocycles. The third kappa shape index (κ3) is 44.2. The number of esters is 1. The lowest BCUT2D eigenvalue weighted by atomic mass is 10.0. The fraction of sp³-hybridized carbons (Fsp3) is 0.786. The summed E-state index contributed by atoms with van der Waals surface area (Å²) in [5.41, 5.74) is 0. The fourth-order valence-electron chi connectivity index (χ4n) is 7.85. The molecular formula is C56H101NO5. The Hall–Kier alpha value is -2.44. The van der Waals surface area contributed by atoms with Crippen molar-refractivity contribution < 1.29 is 24.5 Å². The number of nitrogens with one attached hydrogen (secondary N) is 1. The minimum atomic E-state index is -0.800. The molecule has 0 aliphatic carbocycles. The Morgan fingerprint density at radius 2 is 0.839 bits per heavy atom. The van der Waals surface area contributed by atoms with Gasteiger partial charge in [-0.3, -0.25) is 9.59 Å². The Balaban J connectivity index is 4.68. The first-order chi connectivity index (χ1) is 30.5. The van der Waals surface area contributed by atoms with Crippen LogP contribution in [0.15, 0.2) is 60.8 Å². The van der Waals surface area contributed by atoms with Gasteiger partial charge in [0.1, 0.15) is 6.10 Å². The van der Waals surface area contributed by atoms with E-state index in [1.165, 1.54) is 141 Å². The van der Waals surface area contributed by atoms with Crippen molar-refractivity contribution in [3.05, 3.63) is 60.8 Å². The summed E-state index contributed by atoms with van der Waals surface area (Å²) in [5.74, 6) is -0.514. The fourth-order valence-corrected chi connectivity index (χ4v) is 7.85. The molecule has 0 aromatic rings. The van der Waals surface area contributed by atoms with Gasteiger partial charge >= 0.3 is 5.97 Å². The topological polar surface area (TPSA) is 95.9 Å². The summed E-state index contributed by atoms with van der Waals surface area (Å²) in [6, 6.07) is -0.716. The summed E-state index contributed by atoms with van der Waals surface area (Å²) in [4.78, 5) is 26.2. The van der Waals surface area contributed by atoms with Crippen molar-refractivity contribution in [2.75, 3.05) is 6.61 Å². The van der Waals surface area contributed by atoms with Crippen LogP contribution < -0.4 is 5.32 Å². The molecule has 0 aromatic heterocycles. The van der Waals surface area contributed by atoms with E-state index in [2.05, 4.69) is 80.8 Å². The molecule has 1 amide bonds. The standard InChI is InChI=1S/C56H101NO5/c1-4-7-10-13-16-19-22-25-27-29-30-32-35-38-41-44-47-52(62-56(61)49-46-43-40-37-34-31-28-26-23-20-17-14-11-8-5-2)50-55(60)57-53(51-58)54(59)48-45-42-39-36-33-24-21-18-15-12-9-6-3/h16,19-20,22-23,25,27,29-30,32,52-54,58-59H,4-15,17-18,21,24,26,28,31,33-51H2,1-3H3,(H,57,60)/b19-16+,23-20-,25-22+,29-27+,32-30+. The van der Waals surface area contributed by atoms with Crippen molar-refractivity contribution in [2.24, 2.45) is 0 Å². The molecule has 0 aliphatic rings. The summed E-state index contributed by atoms with van der Waals surface area (Å²) < 4.78 is 5.92. The van der Waals surface area contributed by atoms with Crippen LogP contribution >= 0.6 is 0 Å². The summed E-state index contributed by atoms with van der Waals surface area (Å²) in [7, 11) is 0. The van der Waals surface area contributed by atoms with Crippen molar-refractivity contribution >= 4 is 11.9 Å². The molecule has 3 N–H and O–H groups in total. The Labute approximate surface area is 384 Å². The van der Waals surface area contributed by atoms with Gasteiger partial charge in [0.25, 0.3) is 0 Å². The van der Waals surface area contributed by atoms with Crippen molar-refractivity contribution in [3.8, 4) is 0 Å². The summed E-state index contributed by atoms with van der Waals surface area (Å²) in [6.45, 7) is 6.42. The number of rotatable bonds is 47. The second kappa shape index (κ2) is 49.6. The molecule has 0 saturated carbocycles. The minimum absolute atomic E-state index is 0.0494. The molecule has 0 bridgehead atoms. The normalized spacial score (nSPS) is 13.7. The van der Waals surface area contributed by atoms with Gasteiger partial charge in [0.2, 0.25) is 5.91 Å². The van der Waals surface area contributed by atoms with E-state index in [1.807, 2.05) is 6.08 Å². The number of carbonyl (C=O) groups excluding carboxylic acids is 2. The highest BCUT2D eigenvalue weighted by molar-refractivity contribution is 5.77. The summed E-state index contributed by atoms with van der Waals surface area (Å²) in [5, 5.41) is 23.8. The Kier molecular flexibility index (Phi) is 47.6. The highest BCUT2D eigenvalue weighted by Gasteiger charge is 2.24. The third-order valence-corrected chi connectivity index (χ3v) is 11.9. The first-order valence-corrected chi connectivity index (χ1v) is 26.6. The lowest BCUT2D eigenvalue weighted by Gasteiger charge is -2.24. The number of unbranched alkanes of at least 4 members (excludes halogenated alkanes) is 28. The summed E-state index contributed by atoms with van der Waals surface area (Å²) in [6.07, 6.45) is 61.3.